The van der Waals surface area contributed by atoms with E-state index in [9.17, 15) is 0 Å². The SMILES string of the molecule is CCOC(C)(C)C(Cc1c(Cl)cccc1Cl)NC. The topological polar surface area (TPSA) is 21.3 Å². The van der Waals surface area contributed by atoms with E-state index in [0.29, 0.717) is 16.7 Å². The van der Waals surface area contributed by atoms with Crippen LogP contribution in [0.1, 0.15) is 26.3 Å². The van der Waals surface area contributed by atoms with Gasteiger partial charge in [0.05, 0.1) is 5.60 Å². The molecule has 1 unspecified atom stereocenters. The first-order valence-electron chi connectivity index (χ1n) is 6.16. The average molecular weight is 290 g/mol. The summed E-state index contributed by atoms with van der Waals surface area (Å²) in [6.07, 6.45) is 0.738. The summed E-state index contributed by atoms with van der Waals surface area (Å²) in [6.45, 7) is 6.82. The summed E-state index contributed by atoms with van der Waals surface area (Å²) in [7, 11) is 1.93. The van der Waals surface area contributed by atoms with Crippen molar-refractivity contribution in [1.82, 2.24) is 5.32 Å². The molecular weight excluding hydrogens is 269 g/mol. The van der Waals surface area contributed by atoms with Crippen LogP contribution in [0.15, 0.2) is 18.2 Å². The Morgan fingerprint density at radius 3 is 2.28 bits per heavy atom. The van der Waals surface area contributed by atoms with E-state index in [-0.39, 0.29) is 11.6 Å². The quantitative estimate of drug-likeness (QED) is 0.857. The Morgan fingerprint density at radius 1 is 1.28 bits per heavy atom. The highest BCUT2D eigenvalue weighted by atomic mass is 35.5. The Labute approximate surface area is 120 Å². The summed E-state index contributed by atoms with van der Waals surface area (Å²) < 4.78 is 5.79. The molecule has 102 valence electrons. The van der Waals surface area contributed by atoms with E-state index in [4.69, 9.17) is 27.9 Å². The molecule has 0 radical (unpaired) electrons. The Hall–Kier alpha value is -0.280. The van der Waals surface area contributed by atoms with Gasteiger partial charge in [0.15, 0.2) is 0 Å². The van der Waals surface area contributed by atoms with Gasteiger partial charge in [-0.3, -0.25) is 0 Å². The lowest BCUT2D eigenvalue weighted by Crippen LogP contribution is -2.48. The van der Waals surface area contributed by atoms with E-state index in [0.717, 1.165) is 12.0 Å². The maximum Gasteiger partial charge on any atom is 0.0781 e. The van der Waals surface area contributed by atoms with Gasteiger partial charge >= 0.3 is 0 Å². The average Bonchev–Trinajstić information content (AvgIpc) is 2.28. The second-order valence-electron chi connectivity index (χ2n) is 4.78. The zero-order chi connectivity index (χ0) is 13.8. The predicted molar refractivity (Wildman–Crippen MR) is 78.7 cm³/mol. The second-order valence-corrected chi connectivity index (χ2v) is 5.60. The minimum atomic E-state index is -0.272. The summed E-state index contributed by atoms with van der Waals surface area (Å²) in [5.41, 5.74) is 0.694. The summed E-state index contributed by atoms with van der Waals surface area (Å²) in [6, 6.07) is 5.73. The number of nitrogens with one attached hydrogen (secondary N) is 1. The van der Waals surface area contributed by atoms with Gasteiger partial charge in [0.1, 0.15) is 0 Å². The molecule has 1 aromatic rings. The smallest absolute Gasteiger partial charge is 0.0781 e. The Balaban J connectivity index is 2.93. The Kier molecular flexibility index (Phi) is 5.93. The monoisotopic (exact) mass is 289 g/mol. The van der Waals surface area contributed by atoms with Crippen LogP contribution < -0.4 is 5.32 Å². The van der Waals surface area contributed by atoms with Crippen LogP contribution in [-0.4, -0.2) is 25.3 Å². The fourth-order valence-electron chi connectivity index (χ4n) is 2.10. The molecule has 0 saturated carbocycles. The molecule has 0 aliphatic rings. The summed E-state index contributed by atoms with van der Waals surface area (Å²) in [5, 5.41) is 4.70. The van der Waals surface area contributed by atoms with E-state index < -0.39 is 0 Å². The van der Waals surface area contributed by atoms with Crippen LogP contribution in [0.2, 0.25) is 10.0 Å². The van der Waals surface area contributed by atoms with Gasteiger partial charge in [0.25, 0.3) is 0 Å². The van der Waals surface area contributed by atoms with Crippen LogP contribution in [0.3, 0.4) is 0 Å². The lowest BCUT2D eigenvalue weighted by Gasteiger charge is -2.34. The first-order chi connectivity index (χ1) is 8.42. The number of halogens is 2. The third kappa shape index (κ3) is 3.86. The van der Waals surface area contributed by atoms with Gasteiger partial charge in [0.2, 0.25) is 0 Å². The van der Waals surface area contributed by atoms with Gasteiger partial charge in [0, 0.05) is 22.7 Å². The van der Waals surface area contributed by atoms with Crippen molar-refractivity contribution in [3.63, 3.8) is 0 Å². The maximum absolute atomic E-state index is 6.20. The van der Waals surface area contributed by atoms with Crippen LogP contribution >= 0.6 is 23.2 Å². The molecule has 0 bridgehead atoms. The second kappa shape index (κ2) is 6.76. The molecule has 4 heteroatoms. The first kappa shape index (κ1) is 15.8. The van der Waals surface area contributed by atoms with Crippen LogP contribution in [0.5, 0.6) is 0 Å². The van der Waals surface area contributed by atoms with E-state index in [1.54, 1.807) is 0 Å². The van der Waals surface area contributed by atoms with Gasteiger partial charge < -0.3 is 10.1 Å². The largest absolute Gasteiger partial charge is 0.374 e. The van der Waals surface area contributed by atoms with Crippen molar-refractivity contribution in [3.8, 4) is 0 Å². The predicted octanol–water partition coefficient (Wildman–Crippen LogP) is 3.94. The van der Waals surface area contributed by atoms with Crippen molar-refractivity contribution in [1.29, 1.82) is 0 Å². The van der Waals surface area contributed by atoms with Crippen LogP contribution in [0.25, 0.3) is 0 Å². The third-order valence-electron chi connectivity index (χ3n) is 3.17. The van der Waals surface area contributed by atoms with Crippen molar-refractivity contribution in [2.75, 3.05) is 13.7 Å². The van der Waals surface area contributed by atoms with E-state index in [2.05, 4.69) is 19.2 Å². The summed E-state index contributed by atoms with van der Waals surface area (Å²) in [4.78, 5) is 0. The molecule has 0 saturated heterocycles. The van der Waals surface area contributed by atoms with Crippen molar-refractivity contribution >= 4 is 23.2 Å². The first-order valence-corrected chi connectivity index (χ1v) is 6.92. The number of ether oxygens (including phenoxy) is 1. The van der Waals surface area contributed by atoms with Crippen molar-refractivity contribution in [2.45, 2.75) is 38.8 Å². The summed E-state index contributed by atoms with van der Waals surface area (Å²) >= 11 is 12.4. The highest BCUT2D eigenvalue weighted by Gasteiger charge is 2.29. The minimum Gasteiger partial charge on any atom is -0.374 e. The lowest BCUT2D eigenvalue weighted by molar-refractivity contribution is -0.0363. The number of likely N-dealkylation sites (N-methyl/N-ethyl adjacent to an activating group) is 1. The summed E-state index contributed by atoms with van der Waals surface area (Å²) in [5.74, 6) is 0. The van der Waals surface area contributed by atoms with E-state index >= 15 is 0 Å². The molecule has 0 aliphatic carbocycles. The number of hydrogen-bond acceptors (Lipinski definition) is 2. The van der Waals surface area contributed by atoms with E-state index in [1.165, 1.54) is 0 Å². The molecule has 0 spiro atoms. The minimum absolute atomic E-state index is 0.148. The van der Waals surface area contributed by atoms with Crippen molar-refractivity contribution in [2.24, 2.45) is 0 Å². The molecule has 0 fully saturated rings. The fraction of sp³-hybridized carbons (Fsp3) is 0.571. The van der Waals surface area contributed by atoms with Crippen molar-refractivity contribution < 1.29 is 4.74 Å². The van der Waals surface area contributed by atoms with Gasteiger partial charge in [-0.25, -0.2) is 0 Å². The molecule has 0 amide bonds. The molecule has 2 nitrogen and oxygen atoms in total. The number of rotatable bonds is 6. The third-order valence-corrected chi connectivity index (χ3v) is 3.88. The molecule has 1 rings (SSSR count). The van der Waals surface area contributed by atoms with Crippen molar-refractivity contribution in [3.05, 3.63) is 33.8 Å². The molecule has 1 N–H and O–H groups in total. The molecule has 0 aliphatic heterocycles. The standard InChI is InChI=1S/C14H21Cl2NO/c1-5-18-14(2,3)13(17-4)9-10-11(15)7-6-8-12(10)16/h6-8,13,17H,5,9H2,1-4H3. The zero-order valence-corrected chi connectivity index (χ0v) is 12.9. The highest BCUT2D eigenvalue weighted by molar-refractivity contribution is 6.36. The van der Waals surface area contributed by atoms with Gasteiger partial charge in [-0.1, -0.05) is 29.3 Å². The maximum atomic E-state index is 6.20. The number of benzene rings is 1. The van der Waals surface area contributed by atoms with Gasteiger partial charge in [-0.15, -0.1) is 0 Å². The fourth-order valence-corrected chi connectivity index (χ4v) is 2.65. The molecule has 1 atom stereocenters. The Morgan fingerprint density at radius 2 is 1.83 bits per heavy atom. The normalized spacial score (nSPS) is 13.7. The lowest BCUT2D eigenvalue weighted by atomic mass is 9.92. The van der Waals surface area contributed by atoms with Gasteiger partial charge in [-0.05, 0) is 51.9 Å². The van der Waals surface area contributed by atoms with Crippen LogP contribution in [-0.2, 0) is 11.2 Å². The molecule has 0 aromatic heterocycles. The van der Waals surface area contributed by atoms with E-state index in [1.807, 2.05) is 32.2 Å². The molecular formula is C14H21Cl2NO. The molecule has 1 aromatic carbocycles. The highest BCUT2D eigenvalue weighted by Crippen LogP contribution is 2.28. The molecule has 0 heterocycles. The number of hydrogen-bond donors (Lipinski definition) is 1. The van der Waals surface area contributed by atoms with Gasteiger partial charge in [-0.2, -0.15) is 0 Å². The Bertz CT molecular complexity index is 373. The molecule has 18 heavy (non-hydrogen) atoms. The van der Waals surface area contributed by atoms with Crippen LogP contribution in [0, 0.1) is 0 Å². The zero-order valence-electron chi connectivity index (χ0n) is 11.4. The van der Waals surface area contributed by atoms with Crippen LogP contribution in [0.4, 0.5) is 0 Å².